The predicted molar refractivity (Wildman–Crippen MR) is 88.8 cm³/mol. The molecular formula is C18H22ClNO. The molecule has 2 aromatic rings. The van der Waals surface area contributed by atoms with E-state index in [1.54, 1.807) is 0 Å². The van der Waals surface area contributed by atoms with Gasteiger partial charge >= 0.3 is 0 Å². The number of ether oxygens (including phenoxy) is 1. The summed E-state index contributed by atoms with van der Waals surface area (Å²) in [5.74, 6) is 0.888. The third-order valence-corrected chi connectivity index (χ3v) is 3.75. The van der Waals surface area contributed by atoms with E-state index in [1.807, 2.05) is 36.4 Å². The number of benzene rings is 2. The molecule has 2 aromatic carbocycles. The van der Waals surface area contributed by atoms with E-state index in [1.165, 1.54) is 0 Å². The van der Waals surface area contributed by atoms with Crippen molar-refractivity contribution in [3.63, 3.8) is 0 Å². The molecule has 0 aromatic heterocycles. The number of hydrogen-bond donors (Lipinski definition) is 1. The van der Waals surface area contributed by atoms with Gasteiger partial charge in [0.25, 0.3) is 0 Å². The molecule has 2 rings (SSSR count). The van der Waals surface area contributed by atoms with Crippen LogP contribution in [0.3, 0.4) is 0 Å². The largest absolute Gasteiger partial charge is 0.489 e. The SMILES string of the molecule is CC[C@H](C)NCc1cc(Cl)ccc1OCc1ccccc1. The second-order valence-electron chi connectivity index (χ2n) is 5.22. The van der Waals surface area contributed by atoms with E-state index in [0.717, 1.165) is 34.9 Å². The fourth-order valence-electron chi connectivity index (χ4n) is 1.99. The molecule has 0 spiro atoms. The first-order chi connectivity index (χ1) is 10.2. The van der Waals surface area contributed by atoms with E-state index in [9.17, 15) is 0 Å². The molecule has 21 heavy (non-hydrogen) atoms. The summed E-state index contributed by atoms with van der Waals surface area (Å²) in [4.78, 5) is 0. The summed E-state index contributed by atoms with van der Waals surface area (Å²) in [7, 11) is 0. The average molecular weight is 304 g/mol. The molecule has 0 bridgehead atoms. The predicted octanol–water partition coefficient (Wildman–Crippen LogP) is 4.81. The van der Waals surface area contributed by atoms with Crippen LogP contribution in [0.1, 0.15) is 31.4 Å². The van der Waals surface area contributed by atoms with Crippen LogP contribution in [0, 0.1) is 0 Å². The molecule has 0 aliphatic rings. The van der Waals surface area contributed by atoms with Crippen LogP contribution in [-0.4, -0.2) is 6.04 Å². The summed E-state index contributed by atoms with van der Waals surface area (Å²) < 4.78 is 5.95. The molecule has 1 N–H and O–H groups in total. The van der Waals surface area contributed by atoms with Gasteiger partial charge in [-0.05, 0) is 37.1 Å². The van der Waals surface area contributed by atoms with Gasteiger partial charge in [-0.3, -0.25) is 0 Å². The van der Waals surface area contributed by atoms with Gasteiger partial charge in [0.2, 0.25) is 0 Å². The van der Waals surface area contributed by atoms with Crippen LogP contribution in [0.2, 0.25) is 5.02 Å². The Hall–Kier alpha value is -1.51. The lowest BCUT2D eigenvalue weighted by Gasteiger charge is -2.15. The third-order valence-electron chi connectivity index (χ3n) is 3.51. The van der Waals surface area contributed by atoms with E-state index in [2.05, 4.69) is 31.3 Å². The Morgan fingerprint density at radius 3 is 2.62 bits per heavy atom. The van der Waals surface area contributed by atoms with Crippen molar-refractivity contribution in [2.24, 2.45) is 0 Å². The maximum absolute atomic E-state index is 6.10. The summed E-state index contributed by atoms with van der Waals surface area (Å²) >= 11 is 6.10. The van der Waals surface area contributed by atoms with Crippen molar-refractivity contribution in [1.29, 1.82) is 0 Å². The minimum atomic E-state index is 0.478. The van der Waals surface area contributed by atoms with Crippen LogP contribution in [0.4, 0.5) is 0 Å². The number of hydrogen-bond acceptors (Lipinski definition) is 2. The lowest BCUT2D eigenvalue weighted by atomic mass is 10.1. The summed E-state index contributed by atoms with van der Waals surface area (Å²) in [6.07, 6.45) is 1.10. The van der Waals surface area contributed by atoms with Crippen molar-refractivity contribution in [3.8, 4) is 5.75 Å². The molecule has 0 radical (unpaired) electrons. The Kier molecular flexibility index (Phi) is 6.09. The quantitative estimate of drug-likeness (QED) is 0.793. The van der Waals surface area contributed by atoms with Gasteiger partial charge < -0.3 is 10.1 Å². The number of rotatable bonds is 7. The fourth-order valence-corrected chi connectivity index (χ4v) is 2.19. The zero-order valence-electron chi connectivity index (χ0n) is 12.6. The van der Waals surface area contributed by atoms with Gasteiger partial charge in [0.1, 0.15) is 12.4 Å². The van der Waals surface area contributed by atoms with Crippen LogP contribution in [0.25, 0.3) is 0 Å². The first-order valence-electron chi connectivity index (χ1n) is 7.37. The lowest BCUT2D eigenvalue weighted by Crippen LogP contribution is -2.24. The Balaban J connectivity index is 2.04. The molecule has 0 heterocycles. The smallest absolute Gasteiger partial charge is 0.124 e. The van der Waals surface area contributed by atoms with E-state index in [4.69, 9.17) is 16.3 Å². The summed E-state index contributed by atoms with van der Waals surface area (Å²) in [5.41, 5.74) is 2.26. The minimum absolute atomic E-state index is 0.478. The molecule has 0 fully saturated rings. The molecule has 2 nitrogen and oxygen atoms in total. The average Bonchev–Trinajstić information content (AvgIpc) is 2.52. The topological polar surface area (TPSA) is 21.3 Å². The van der Waals surface area contributed by atoms with Crippen LogP contribution in [0.15, 0.2) is 48.5 Å². The van der Waals surface area contributed by atoms with Gasteiger partial charge in [-0.15, -0.1) is 0 Å². The molecule has 112 valence electrons. The highest BCUT2D eigenvalue weighted by molar-refractivity contribution is 6.30. The standard InChI is InChI=1S/C18H22ClNO/c1-3-14(2)20-12-16-11-17(19)9-10-18(16)21-13-15-7-5-4-6-8-15/h4-11,14,20H,3,12-13H2,1-2H3/t14-/m0/s1. The third kappa shape index (κ3) is 5.07. The van der Waals surface area contributed by atoms with Crippen molar-refractivity contribution < 1.29 is 4.74 Å². The van der Waals surface area contributed by atoms with E-state index in [0.29, 0.717) is 12.6 Å². The molecule has 0 aliphatic carbocycles. The first-order valence-corrected chi connectivity index (χ1v) is 7.75. The Labute approximate surface area is 132 Å². The maximum atomic E-state index is 6.10. The molecule has 3 heteroatoms. The highest BCUT2D eigenvalue weighted by Crippen LogP contribution is 2.24. The van der Waals surface area contributed by atoms with Crippen LogP contribution in [-0.2, 0) is 13.2 Å². The summed E-state index contributed by atoms with van der Waals surface area (Å²) in [5, 5.41) is 4.21. The van der Waals surface area contributed by atoms with Gasteiger partial charge in [-0.25, -0.2) is 0 Å². The van der Waals surface area contributed by atoms with Gasteiger partial charge in [0.15, 0.2) is 0 Å². The van der Waals surface area contributed by atoms with Gasteiger partial charge in [-0.2, -0.15) is 0 Å². The molecule has 0 saturated heterocycles. The molecule has 0 amide bonds. The second kappa shape index (κ2) is 8.06. The Morgan fingerprint density at radius 1 is 1.14 bits per heavy atom. The van der Waals surface area contributed by atoms with Crippen molar-refractivity contribution in [3.05, 3.63) is 64.7 Å². The van der Waals surface area contributed by atoms with Crippen LogP contribution >= 0.6 is 11.6 Å². The molecule has 1 atom stereocenters. The second-order valence-corrected chi connectivity index (χ2v) is 5.65. The Morgan fingerprint density at radius 2 is 1.90 bits per heavy atom. The lowest BCUT2D eigenvalue weighted by molar-refractivity contribution is 0.301. The summed E-state index contributed by atoms with van der Waals surface area (Å²) in [6, 6.07) is 16.4. The number of nitrogens with one attached hydrogen (secondary N) is 1. The monoisotopic (exact) mass is 303 g/mol. The molecular weight excluding hydrogens is 282 g/mol. The van der Waals surface area contributed by atoms with Crippen molar-refractivity contribution in [2.75, 3.05) is 0 Å². The maximum Gasteiger partial charge on any atom is 0.124 e. The van der Waals surface area contributed by atoms with E-state index >= 15 is 0 Å². The zero-order valence-corrected chi connectivity index (χ0v) is 13.4. The van der Waals surface area contributed by atoms with Gasteiger partial charge in [-0.1, -0.05) is 48.9 Å². The summed E-state index contributed by atoms with van der Waals surface area (Å²) in [6.45, 7) is 5.68. The molecule has 0 saturated carbocycles. The normalized spacial score (nSPS) is 12.1. The number of halogens is 1. The Bertz CT molecular complexity index is 556. The minimum Gasteiger partial charge on any atom is -0.489 e. The van der Waals surface area contributed by atoms with Crippen LogP contribution < -0.4 is 10.1 Å². The van der Waals surface area contributed by atoms with Crippen LogP contribution in [0.5, 0.6) is 5.75 Å². The van der Waals surface area contributed by atoms with Gasteiger partial charge in [0.05, 0.1) is 0 Å². The molecule has 0 unspecified atom stereocenters. The van der Waals surface area contributed by atoms with E-state index < -0.39 is 0 Å². The van der Waals surface area contributed by atoms with Crippen molar-refractivity contribution in [1.82, 2.24) is 5.32 Å². The first kappa shape index (κ1) is 15.9. The van der Waals surface area contributed by atoms with Crippen molar-refractivity contribution >= 4 is 11.6 Å². The zero-order chi connectivity index (χ0) is 15.1. The highest BCUT2D eigenvalue weighted by Gasteiger charge is 2.07. The highest BCUT2D eigenvalue weighted by atomic mass is 35.5. The van der Waals surface area contributed by atoms with Gasteiger partial charge in [0, 0.05) is 23.2 Å². The van der Waals surface area contributed by atoms with Crippen molar-refractivity contribution in [2.45, 2.75) is 39.5 Å². The van der Waals surface area contributed by atoms with E-state index in [-0.39, 0.29) is 0 Å². The fraction of sp³-hybridized carbons (Fsp3) is 0.333. The molecule has 0 aliphatic heterocycles.